The second-order valence-corrected chi connectivity index (χ2v) is 12.4. The van der Waals surface area contributed by atoms with Gasteiger partial charge in [-0.05, 0) is 80.3 Å². The van der Waals surface area contributed by atoms with Gasteiger partial charge in [-0.15, -0.1) is 0 Å². The number of nitrogens with zero attached hydrogens (tertiary/aromatic N) is 3. The standard InChI is InChI=1S/C21H24N2O.C10H11NO.C6H10O2.2C2H6.CH2O2/c1-22-19(17-8-3-2-4-9-17)11-12-20(22)21(24)23-14-13-16-7-5-6-10-18(16)15-23;1-11-9(7-12)6-8-4-2-3-5-10(8)11;7-5-8-6-3-1-2-4-6;2*1-2;2-1-3/h2-10,19-20H,11-15H2,1H3;2-5,7,9H,6H2,1H3;5-6H,1-4H2;2*1-2H3;1H,(H,2,3)/t19-,20+;9-;;;;/m01..../s1. The van der Waals surface area contributed by atoms with E-state index in [0.29, 0.717) is 18.4 Å². The molecule has 0 bridgehead atoms. The quantitative estimate of drug-likeness (QED) is 0.273. The van der Waals surface area contributed by atoms with Crippen LogP contribution in [0.4, 0.5) is 5.69 Å². The highest BCUT2D eigenvalue weighted by Crippen LogP contribution is 2.36. The van der Waals surface area contributed by atoms with Crippen molar-refractivity contribution in [2.45, 2.75) is 110 Å². The topological polar surface area (TPSA) is 107 Å². The summed E-state index contributed by atoms with van der Waals surface area (Å²) in [4.78, 5) is 48.2. The monoisotopic (exact) mass is 701 g/mol. The van der Waals surface area contributed by atoms with Crippen molar-refractivity contribution >= 4 is 30.8 Å². The Balaban J connectivity index is 0.000000278. The molecule has 1 saturated heterocycles. The number of para-hydroxylation sites is 1. The fourth-order valence-corrected chi connectivity index (χ4v) is 7.02. The van der Waals surface area contributed by atoms with Crippen LogP contribution in [0, 0.1) is 0 Å². The van der Waals surface area contributed by atoms with E-state index < -0.39 is 0 Å². The molecule has 3 heterocycles. The molecular formula is C42H59N3O6. The Morgan fingerprint density at radius 1 is 0.765 bits per heavy atom. The zero-order valence-corrected chi connectivity index (χ0v) is 31.4. The maximum atomic E-state index is 13.1. The molecule has 1 saturated carbocycles. The van der Waals surface area contributed by atoms with Gasteiger partial charge in [0.1, 0.15) is 12.4 Å². The summed E-state index contributed by atoms with van der Waals surface area (Å²) in [5, 5.41) is 6.89. The lowest BCUT2D eigenvalue weighted by Gasteiger charge is -2.33. The third-order valence-corrected chi connectivity index (χ3v) is 9.61. The molecule has 1 aliphatic carbocycles. The largest absolute Gasteiger partial charge is 0.483 e. The number of hydrogen-bond donors (Lipinski definition) is 1. The van der Waals surface area contributed by atoms with Gasteiger partial charge in [0.2, 0.25) is 5.91 Å². The SMILES string of the molecule is CC.CC.CN1[C@@H](C(=O)N2CCc3ccccc3C2)CC[C@H]1c1ccccc1.CN1c2ccccc2C[C@@H]1C=O.O=CO.O=COC1CCCC1. The van der Waals surface area contributed by atoms with Crippen LogP contribution in [0.2, 0.25) is 0 Å². The number of fused-ring (bicyclic) bond motifs is 2. The molecule has 278 valence electrons. The van der Waals surface area contributed by atoms with Crippen LogP contribution in [-0.4, -0.2) is 78.9 Å². The summed E-state index contributed by atoms with van der Waals surface area (Å²) < 4.78 is 4.72. The molecule has 3 atom stereocenters. The predicted octanol–water partition coefficient (Wildman–Crippen LogP) is 7.51. The first kappa shape index (κ1) is 42.7. The second kappa shape index (κ2) is 23.8. The van der Waals surface area contributed by atoms with E-state index in [2.05, 4.69) is 77.5 Å². The van der Waals surface area contributed by atoms with Gasteiger partial charge in [0, 0.05) is 38.3 Å². The molecule has 3 aromatic carbocycles. The molecular weight excluding hydrogens is 642 g/mol. The van der Waals surface area contributed by atoms with Gasteiger partial charge in [-0.1, -0.05) is 100 Å². The molecule has 1 N–H and O–H groups in total. The molecule has 9 heteroatoms. The van der Waals surface area contributed by atoms with E-state index in [1.54, 1.807) is 0 Å². The minimum Gasteiger partial charge on any atom is -0.483 e. The third-order valence-electron chi connectivity index (χ3n) is 9.61. The van der Waals surface area contributed by atoms with E-state index in [9.17, 15) is 14.4 Å². The number of likely N-dealkylation sites (N-methyl/N-ethyl adjacent to an activating group) is 2. The van der Waals surface area contributed by atoms with Crippen LogP contribution in [0.1, 0.15) is 94.5 Å². The number of carboxylic acid groups (broad SMARTS) is 1. The molecule has 4 aliphatic rings. The number of amides is 1. The van der Waals surface area contributed by atoms with Crippen LogP contribution in [0.25, 0.3) is 0 Å². The van der Waals surface area contributed by atoms with Gasteiger partial charge in [-0.25, -0.2) is 0 Å². The second-order valence-electron chi connectivity index (χ2n) is 12.4. The number of anilines is 1. The van der Waals surface area contributed by atoms with Gasteiger partial charge in [0.25, 0.3) is 12.9 Å². The first-order valence-electron chi connectivity index (χ1n) is 18.5. The van der Waals surface area contributed by atoms with Crippen molar-refractivity contribution in [2.75, 3.05) is 25.5 Å². The van der Waals surface area contributed by atoms with Crippen LogP contribution < -0.4 is 4.90 Å². The number of benzene rings is 3. The van der Waals surface area contributed by atoms with Crippen LogP contribution in [0.15, 0.2) is 78.9 Å². The Morgan fingerprint density at radius 2 is 1.33 bits per heavy atom. The van der Waals surface area contributed by atoms with Crippen molar-refractivity contribution < 1.29 is 29.0 Å². The lowest BCUT2D eigenvalue weighted by atomic mass is 9.99. The number of carbonyl (C=O) groups is 4. The number of likely N-dealkylation sites (tertiary alicyclic amines) is 1. The molecule has 1 amide bonds. The van der Waals surface area contributed by atoms with Gasteiger partial charge in [-0.2, -0.15) is 0 Å². The molecule has 0 unspecified atom stereocenters. The van der Waals surface area contributed by atoms with Crippen molar-refractivity contribution in [3.05, 3.63) is 101 Å². The summed E-state index contributed by atoms with van der Waals surface area (Å²) in [6.45, 7) is 9.90. The normalized spacial score (nSPS) is 19.9. The summed E-state index contributed by atoms with van der Waals surface area (Å²) in [5.74, 6) is 0.297. The first-order chi connectivity index (χ1) is 24.9. The van der Waals surface area contributed by atoms with E-state index in [1.165, 1.54) is 40.8 Å². The summed E-state index contributed by atoms with van der Waals surface area (Å²) in [6, 6.07) is 27.6. The summed E-state index contributed by atoms with van der Waals surface area (Å²) >= 11 is 0. The van der Waals surface area contributed by atoms with E-state index >= 15 is 0 Å². The minimum absolute atomic E-state index is 0.0143. The van der Waals surface area contributed by atoms with E-state index in [4.69, 9.17) is 14.6 Å². The number of aldehydes is 1. The molecule has 0 spiro atoms. The predicted molar refractivity (Wildman–Crippen MR) is 205 cm³/mol. The minimum atomic E-state index is -0.250. The highest BCUT2D eigenvalue weighted by molar-refractivity contribution is 5.82. The van der Waals surface area contributed by atoms with Gasteiger partial charge in [0.05, 0.1) is 12.1 Å². The van der Waals surface area contributed by atoms with Crippen LogP contribution in [0.3, 0.4) is 0 Å². The van der Waals surface area contributed by atoms with E-state index in [0.717, 1.165) is 57.9 Å². The molecule has 3 aliphatic heterocycles. The Morgan fingerprint density at radius 3 is 1.92 bits per heavy atom. The van der Waals surface area contributed by atoms with Crippen LogP contribution in [0.5, 0.6) is 0 Å². The maximum Gasteiger partial charge on any atom is 0.293 e. The van der Waals surface area contributed by atoms with Crippen LogP contribution in [-0.2, 0) is 43.3 Å². The van der Waals surface area contributed by atoms with Crippen LogP contribution >= 0.6 is 0 Å². The smallest absolute Gasteiger partial charge is 0.293 e. The molecule has 0 aromatic heterocycles. The summed E-state index contributed by atoms with van der Waals surface area (Å²) in [6.07, 6.45) is 9.67. The molecule has 2 fully saturated rings. The van der Waals surface area contributed by atoms with Crippen molar-refractivity contribution in [3.63, 3.8) is 0 Å². The van der Waals surface area contributed by atoms with Gasteiger partial charge in [-0.3, -0.25) is 19.3 Å². The highest BCUT2D eigenvalue weighted by Gasteiger charge is 2.38. The van der Waals surface area contributed by atoms with Gasteiger partial charge < -0.3 is 24.4 Å². The number of rotatable bonds is 5. The average molecular weight is 702 g/mol. The van der Waals surface area contributed by atoms with Crippen molar-refractivity contribution in [2.24, 2.45) is 0 Å². The van der Waals surface area contributed by atoms with Gasteiger partial charge in [0.15, 0.2) is 0 Å². The fourth-order valence-electron chi connectivity index (χ4n) is 7.02. The molecule has 0 radical (unpaired) electrons. The van der Waals surface area contributed by atoms with E-state index in [-0.39, 0.29) is 24.7 Å². The molecule has 3 aromatic rings. The highest BCUT2D eigenvalue weighted by atomic mass is 16.5. The summed E-state index contributed by atoms with van der Waals surface area (Å²) in [7, 11) is 4.07. The zero-order valence-electron chi connectivity index (χ0n) is 31.4. The maximum absolute atomic E-state index is 13.1. The number of carbonyl (C=O) groups excluding carboxylic acids is 3. The van der Waals surface area contributed by atoms with E-state index in [1.807, 2.05) is 57.8 Å². The van der Waals surface area contributed by atoms with Gasteiger partial charge >= 0.3 is 0 Å². The Labute approximate surface area is 305 Å². The fraction of sp³-hybridized carbons (Fsp3) is 0.476. The molecule has 51 heavy (non-hydrogen) atoms. The Hall–Kier alpha value is -4.50. The lowest BCUT2D eigenvalue weighted by Crippen LogP contribution is -2.46. The first-order valence-corrected chi connectivity index (χ1v) is 18.5. The van der Waals surface area contributed by atoms with Crippen molar-refractivity contribution in [1.82, 2.24) is 9.80 Å². The number of hydrogen-bond acceptors (Lipinski definition) is 7. The molecule has 7 rings (SSSR count). The Bertz CT molecular complexity index is 1450. The molecule has 9 nitrogen and oxygen atoms in total. The van der Waals surface area contributed by atoms with Crippen molar-refractivity contribution in [3.8, 4) is 0 Å². The lowest BCUT2D eigenvalue weighted by molar-refractivity contribution is -0.137. The average Bonchev–Trinajstić information content (AvgIpc) is 3.93. The number of ether oxygens (including phenoxy) is 1. The summed E-state index contributed by atoms with van der Waals surface area (Å²) in [5.41, 5.74) is 6.48. The van der Waals surface area contributed by atoms with Crippen molar-refractivity contribution in [1.29, 1.82) is 0 Å². The zero-order chi connectivity index (χ0) is 37.6. The third kappa shape index (κ3) is 12.3. The Kier molecular flexibility index (Phi) is 19.9.